The number of fused-ring (bicyclic) bond motifs is 1. The highest BCUT2D eigenvalue weighted by molar-refractivity contribution is 5.98. The molecule has 4 rings (SSSR count). The summed E-state index contributed by atoms with van der Waals surface area (Å²) in [5, 5.41) is 5.99. The van der Waals surface area contributed by atoms with Crippen LogP contribution in [0.15, 0.2) is 42.5 Å². The van der Waals surface area contributed by atoms with Crippen LogP contribution in [0.2, 0.25) is 0 Å². The third-order valence-electron chi connectivity index (χ3n) is 5.35. The second-order valence-corrected chi connectivity index (χ2v) is 7.44. The van der Waals surface area contributed by atoms with Crippen LogP contribution in [0, 0.1) is 12.8 Å². The number of para-hydroxylation sites is 1. The smallest absolute Gasteiger partial charge is 0.243 e. The van der Waals surface area contributed by atoms with E-state index in [4.69, 9.17) is 0 Å². The molecule has 0 unspecified atom stereocenters. The Hall–Kier alpha value is -2.82. The van der Waals surface area contributed by atoms with E-state index in [0.29, 0.717) is 6.54 Å². The van der Waals surface area contributed by atoms with Crippen LogP contribution in [-0.4, -0.2) is 24.9 Å². The zero-order valence-corrected chi connectivity index (χ0v) is 15.6. The summed E-state index contributed by atoms with van der Waals surface area (Å²) in [7, 11) is 0. The summed E-state index contributed by atoms with van der Waals surface area (Å²) in [6.45, 7) is 3.14. The first-order valence-corrected chi connectivity index (χ1v) is 9.65. The maximum absolute atomic E-state index is 12.7. The predicted molar refractivity (Wildman–Crippen MR) is 108 cm³/mol. The average Bonchev–Trinajstić information content (AvgIpc) is 3.51. The van der Waals surface area contributed by atoms with Crippen molar-refractivity contribution in [3.8, 4) is 0 Å². The highest BCUT2D eigenvalue weighted by Crippen LogP contribution is 2.32. The summed E-state index contributed by atoms with van der Waals surface area (Å²) in [5.41, 5.74) is 4.87. The Labute approximate surface area is 159 Å². The molecule has 0 radical (unpaired) electrons. The van der Waals surface area contributed by atoms with E-state index in [2.05, 4.69) is 27.7 Å². The average molecular weight is 363 g/mol. The van der Waals surface area contributed by atoms with Crippen LogP contribution in [0.3, 0.4) is 0 Å². The van der Waals surface area contributed by atoms with Gasteiger partial charge in [-0.05, 0) is 61.9 Å². The molecule has 2 aromatic rings. The summed E-state index contributed by atoms with van der Waals surface area (Å²) in [5.74, 6) is 0.189. The Morgan fingerprint density at radius 1 is 1.04 bits per heavy atom. The molecule has 0 aromatic heterocycles. The maximum atomic E-state index is 12.7. The van der Waals surface area contributed by atoms with Gasteiger partial charge in [0.05, 0.1) is 6.54 Å². The molecule has 2 N–H and O–H groups in total. The fraction of sp³-hybridized carbons (Fsp3) is 0.364. The monoisotopic (exact) mass is 363 g/mol. The SMILES string of the molecule is Cc1c(NC(=O)CN2CCCc3ccccc32)cccc1NC(=O)C1CC1. The summed E-state index contributed by atoms with van der Waals surface area (Å²) in [4.78, 5) is 26.8. The largest absolute Gasteiger partial charge is 0.362 e. The van der Waals surface area contributed by atoms with E-state index in [9.17, 15) is 9.59 Å². The maximum Gasteiger partial charge on any atom is 0.243 e. The number of rotatable bonds is 5. The van der Waals surface area contributed by atoms with Crippen molar-refractivity contribution in [1.82, 2.24) is 0 Å². The number of hydrogen-bond acceptors (Lipinski definition) is 3. The molecule has 1 saturated carbocycles. The van der Waals surface area contributed by atoms with Crippen LogP contribution >= 0.6 is 0 Å². The third kappa shape index (κ3) is 3.97. The molecule has 0 bridgehead atoms. The van der Waals surface area contributed by atoms with E-state index < -0.39 is 0 Å². The highest BCUT2D eigenvalue weighted by Gasteiger charge is 2.30. The molecular formula is C22H25N3O2. The van der Waals surface area contributed by atoms with Crippen molar-refractivity contribution in [1.29, 1.82) is 0 Å². The minimum absolute atomic E-state index is 0.0412. The zero-order chi connectivity index (χ0) is 18.8. The van der Waals surface area contributed by atoms with E-state index in [0.717, 1.165) is 54.9 Å². The molecular weight excluding hydrogens is 338 g/mol. The van der Waals surface area contributed by atoms with Gasteiger partial charge >= 0.3 is 0 Å². The molecule has 5 heteroatoms. The summed E-state index contributed by atoms with van der Waals surface area (Å²) in [6, 6.07) is 13.9. The number of nitrogens with zero attached hydrogens (tertiary/aromatic N) is 1. The number of nitrogens with one attached hydrogen (secondary N) is 2. The molecule has 1 aliphatic carbocycles. The molecule has 2 aliphatic rings. The van der Waals surface area contributed by atoms with E-state index in [1.165, 1.54) is 5.56 Å². The molecule has 0 atom stereocenters. The van der Waals surface area contributed by atoms with Gasteiger partial charge in [0.15, 0.2) is 0 Å². The Kier molecular flexibility index (Phi) is 4.84. The second kappa shape index (κ2) is 7.43. The van der Waals surface area contributed by atoms with Crippen LogP contribution in [0.25, 0.3) is 0 Å². The minimum Gasteiger partial charge on any atom is -0.362 e. The fourth-order valence-electron chi connectivity index (χ4n) is 3.63. The minimum atomic E-state index is -0.0412. The lowest BCUT2D eigenvalue weighted by molar-refractivity contribution is -0.117. The van der Waals surface area contributed by atoms with Crippen molar-refractivity contribution in [3.05, 3.63) is 53.6 Å². The highest BCUT2D eigenvalue weighted by atomic mass is 16.2. The van der Waals surface area contributed by atoms with E-state index in [1.54, 1.807) is 0 Å². The molecule has 2 amide bonds. The van der Waals surface area contributed by atoms with Gasteiger partial charge < -0.3 is 15.5 Å². The standard InChI is InChI=1S/C22H25N3O2/c1-15-18(8-4-9-19(15)24-22(27)17-11-12-17)23-21(26)14-25-13-5-7-16-6-2-3-10-20(16)25/h2-4,6,8-10,17H,5,7,11-14H2,1H3,(H,23,26)(H,24,27). The van der Waals surface area contributed by atoms with Gasteiger partial charge in [0.2, 0.25) is 11.8 Å². The molecule has 140 valence electrons. The quantitative estimate of drug-likeness (QED) is 0.851. The Morgan fingerprint density at radius 3 is 2.56 bits per heavy atom. The van der Waals surface area contributed by atoms with Crippen molar-refractivity contribution >= 4 is 28.9 Å². The summed E-state index contributed by atoms with van der Waals surface area (Å²) < 4.78 is 0. The molecule has 1 aliphatic heterocycles. The summed E-state index contributed by atoms with van der Waals surface area (Å²) in [6.07, 6.45) is 4.07. The van der Waals surface area contributed by atoms with Crippen LogP contribution in [-0.2, 0) is 16.0 Å². The normalized spacial score (nSPS) is 15.8. The van der Waals surface area contributed by atoms with Gasteiger partial charge in [-0.15, -0.1) is 0 Å². The fourth-order valence-corrected chi connectivity index (χ4v) is 3.63. The molecule has 5 nitrogen and oxygen atoms in total. The zero-order valence-electron chi connectivity index (χ0n) is 15.6. The lowest BCUT2D eigenvalue weighted by atomic mass is 10.0. The molecule has 0 spiro atoms. The van der Waals surface area contributed by atoms with Gasteiger partial charge in [-0.1, -0.05) is 24.3 Å². The van der Waals surface area contributed by atoms with Gasteiger partial charge in [0.1, 0.15) is 0 Å². The number of hydrogen-bond donors (Lipinski definition) is 2. The van der Waals surface area contributed by atoms with Gasteiger partial charge in [-0.25, -0.2) is 0 Å². The van der Waals surface area contributed by atoms with Crippen LogP contribution in [0.4, 0.5) is 17.1 Å². The second-order valence-electron chi connectivity index (χ2n) is 7.44. The molecule has 27 heavy (non-hydrogen) atoms. The third-order valence-corrected chi connectivity index (χ3v) is 5.35. The lowest BCUT2D eigenvalue weighted by Crippen LogP contribution is -2.36. The van der Waals surface area contributed by atoms with Crippen LogP contribution in [0.1, 0.15) is 30.4 Å². The van der Waals surface area contributed by atoms with Crippen LogP contribution < -0.4 is 15.5 Å². The molecule has 1 heterocycles. The molecule has 2 aromatic carbocycles. The van der Waals surface area contributed by atoms with Crippen molar-refractivity contribution in [3.63, 3.8) is 0 Å². The van der Waals surface area contributed by atoms with Gasteiger partial charge in [-0.2, -0.15) is 0 Å². The Bertz CT molecular complexity index is 874. The Morgan fingerprint density at radius 2 is 1.78 bits per heavy atom. The first-order chi connectivity index (χ1) is 13.1. The number of carbonyl (C=O) groups excluding carboxylic acids is 2. The first kappa shape index (κ1) is 17.6. The lowest BCUT2D eigenvalue weighted by Gasteiger charge is -2.30. The number of anilines is 3. The number of amides is 2. The van der Waals surface area contributed by atoms with E-state index in [1.807, 2.05) is 37.3 Å². The van der Waals surface area contributed by atoms with Crippen molar-refractivity contribution in [2.75, 3.05) is 28.6 Å². The van der Waals surface area contributed by atoms with Gasteiger partial charge in [0, 0.05) is 29.5 Å². The number of aryl methyl sites for hydroxylation is 1. The topological polar surface area (TPSA) is 61.4 Å². The number of carbonyl (C=O) groups is 2. The Balaban J connectivity index is 1.43. The van der Waals surface area contributed by atoms with Gasteiger partial charge in [-0.3, -0.25) is 9.59 Å². The predicted octanol–water partition coefficient (Wildman–Crippen LogP) is 3.73. The molecule has 0 saturated heterocycles. The van der Waals surface area contributed by atoms with E-state index in [-0.39, 0.29) is 17.7 Å². The number of benzene rings is 2. The van der Waals surface area contributed by atoms with Crippen LogP contribution in [0.5, 0.6) is 0 Å². The van der Waals surface area contributed by atoms with E-state index >= 15 is 0 Å². The summed E-state index contributed by atoms with van der Waals surface area (Å²) >= 11 is 0. The first-order valence-electron chi connectivity index (χ1n) is 9.65. The van der Waals surface area contributed by atoms with Gasteiger partial charge in [0.25, 0.3) is 0 Å². The van der Waals surface area contributed by atoms with Crippen molar-refractivity contribution in [2.45, 2.75) is 32.6 Å². The van der Waals surface area contributed by atoms with Crippen molar-refractivity contribution in [2.24, 2.45) is 5.92 Å². The van der Waals surface area contributed by atoms with Crippen molar-refractivity contribution < 1.29 is 9.59 Å². The molecule has 1 fully saturated rings.